The zero-order valence-electron chi connectivity index (χ0n) is 12.0. The molecule has 0 aliphatic carbocycles. The fourth-order valence-electron chi connectivity index (χ4n) is 2.34. The Hall–Kier alpha value is -1.22. The van der Waals surface area contributed by atoms with Crippen molar-refractivity contribution in [3.8, 4) is 0 Å². The van der Waals surface area contributed by atoms with E-state index in [4.69, 9.17) is 0 Å². The minimum absolute atomic E-state index is 0.611. The van der Waals surface area contributed by atoms with Crippen LogP contribution in [0.5, 0.6) is 0 Å². The van der Waals surface area contributed by atoms with E-state index in [-0.39, 0.29) is 0 Å². The number of thiazole rings is 1. The van der Waals surface area contributed by atoms with Gasteiger partial charge < -0.3 is 0 Å². The Balaban J connectivity index is 1.95. The second-order valence-electron chi connectivity index (χ2n) is 5.73. The Bertz CT molecular complexity index is 490. The molecule has 0 saturated heterocycles. The third-order valence-electron chi connectivity index (χ3n) is 3.17. The van der Waals surface area contributed by atoms with Crippen LogP contribution in [0.1, 0.15) is 32.2 Å². The largest absolute Gasteiger partial charge is 0.261 e. The van der Waals surface area contributed by atoms with Gasteiger partial charge in [0.25, 0.3) is 0 Å². The fraction of sp³-hybridized carbons (Fsp3) is 0.500. The first-order valence-corrected chi connectivity index (χ1v) is 7.94. The molecule has 0 aliphatic heterocycles. The molecule has 102 valence electrons. The molecule has 2 nitrogen and oxygen atoms in total. The van der Waals surface area contributed by atoms with Crippen molar-refractivity contribution in [2.75, 3.05) is 0 Å². The van der Waals surface area contributed by atoms with Gasteiger partial charge in [0.1, 0.15) is 0 Å². The summed E-state index contributed by atoms with van der Waals surface area (Å²) in [6.45, 7) is 7.94. The van der Waals surface area contributed by atoms with E-state index in [0.29, 0.717) is 11.8 Å². The maximum Gasteiger partial charge on any atom is 0.224 e. The molecular weight excluding hydrogens is 252 g/mol. The van der Waals surface area contributed by atoms with Crippen LogP contribution in [0.3, 0.4) is 0 Å². The van der Waals surface area contributed by atoms with Gasteiger partial charge in [-0.05, 0) is 24.5 Å². The molecule has 0 spiro atoms. The predicted molar refractivity (Wildman–Crippen MR) is 80.2 cm³/mol. The fourth-order valence-corrected chi connectivity index (χ4v) is 3.16. The van der Waals surface area contributed by atoms with E-state index in [1.807, 2.05) is 12.3 Å². The molecule has 1 unspecified atom stereocenters. The van der Waals surface area contributed by atoms with Crippen molar-refractivity contribution in [1.82, 2.24) is 4.98 Å². The molecule has 0 aromatic carbocycles. The van der Waals surface area contributed by atoms with E-state index >= 15 is 0 Å². The van der Waals surface area contributed by atoms with Crippen LogP contribution in [0.25, 0.3) is 0 Å². The van der Waals surface area contributed by atoms with Gasteiger partial charge >= 0.3 is 0 Å². The minimum Gasteiger partial charge on any atom is -0.261 e. The quantitative estimate of drug-likeness (QED) is 0.737. The first kappa shape index (κ1) is 14.2. The van der Waals surface area contributed by atoms with Gasteiger partial charge in [-0.1, -0.05) is 38.2 Å². The maximum absolute atomic E-state index is 4.41. The average Bonchev–Trinajstić information content (AvgIpc) is 2.77. The molecule has 19 heavy (non-hydrogen) atoms. The Morgan fingerprint density at radius 3 is 2.74 bits per heavy atom. The third kappa shape index (κ3) is 4.43. The summed E-state index contributed by atoms with van der Waals surface area (Å²) in [5.41, 5.74) is 4.90. The van der Waals surface area contributed by atoms with E-state index in [2.05, 4.69) is 53.3 Å². The van der Waals surface area contributed by atoms with Crippen LogP contribution in [-0.4, -0.2) is 4.98 Å². The van der Waals surface area contributed by atoms with Crippen molar-refractivity contribution < 1.29 is 4.57 Å². The zero-order valence-corrected chi connectivity index (χ0v) is 12.9. The number of nitrogens with zero attached hydrogens (tertiary/aromatic N) is 2. The highest BCUT2D eigenvalue weighted by Gasteiger charge is 2.17. The molecule has 2 aromatic heterocycles. The monoisotopic (exact) mass is 275 g/mol. The summed E-state index contributed by atoms with van der Waals surface area (Å²) in [5.74, 6) is 1.33. The lowest BCUT2D eigenvalue weighted by Gasteiger charge is -2.08. The van der Waals surface area contributed by atoms with Crippen molar-refractivity contribution in [3.05, 3.63) is 46.7 Å². The highest BCUT2D eigenvalue weighted by Crippen LogP contribution is 2.10. The molecule has 0 radical (unpaired) electrons. The van der Waals surface area contributed by atoms with Crippen LogP contribution < -0.4 is 4.57 Å². The van der Waals surface area contributed by atoms with E-state index in [0.717, 1.165) is 13.0 Å². The van der Waals surface area contributed by atoms with Crippen molar-refractivity contribution in [1.29, 1.82) is 0 Å². The van der Waals surface area contributed by atoms with Gasteiger partial charge in [-0.25, -0.2) is 0 Å². The van der Waals surface area contributed by atoms with Crippen molar-refractivity contribution in [2.45, 2.75) is 40.2 Å². The number of hydrogen-bond donors (Lipinski definition) is 0. The average molecular weight is 275 g/mol. The summed E-state index contributed by atoms with van der Waals surface area (Å²) in [7, 11) is 0. The van der Waals surface area contributed by atoms with Crippen LogP contribution in [-0.2, 0) is 19.4 Å². The van der Waals surface area contributed by atoms with Gasteiger partial charge in [-0.3, -0.25) is 4.98 Å². The summed E-state index contributed by atoms with van der Waals surface area (Å²) in [6, 6.07) is 6.16. The number of pyridine rings is 1. The van der Waals surface area contributed by atoms with Gasteiger partial charge in [-0.2, -0.15) is 4.57 Å². The van der Waals surface area contributed by atoms with Crippen LogP contribution in [0.4, 0.5) is 0 Å². The third-order valence-corrected chi connectivity index (χ3v) is 3.95. The number of hydrogen-bond acceptors (Lipinski definition) is 2. The lowest BCUT2D eigenvalue weighted by Crippen LogP contribution is -2.39. The summed E-state index contributed by atoms with van der Waals surface area (Å²) in [5, 5.41) is 2.29. The zero-order chi connectivity index (χ0) is 13.7. The number of aromatic nitrogens is 2. The summed E-state index contributed by atoms with van der Waals surface area (Å²) in [4.78, 5) is 4.41. The Morgan fingerprint density at radius 2 is 2.05 bits per heavy atom. The molecule has 0 fully saturated rings. The van der Waals surface area contributed by atoms with Gasteiger partial charge in [-0.15, -0.1) is 0 Å². The van der Waals surface area contributed by atoms with E-state index < -0.39 is 0 Å². The molecule has 0 aliphatic rings. The number of rotatable bonds is 6. The molecule has 0 amide bonds. The van der Waals surface area contributed by atoms with Crippen molar-refractivity contribution >= 4 is 11.3 Å². The molecule has 3 heteroatoms. The molecule has 2 aromatic rings. The lowest BCUT2D eigenvalue weighted by molar-refractivity contribution is -0.705. The Kier molecular flexibility index (Phi) is 5.08. The standard InChI is InChI=1S/C16H23N2S/c1-13(2)8-16-11-19-12-18(16)10-14(3)9-15-6-4-5-7-17-15/h4-7,11-14H,8-10H2,1-3H3/q+1. The van der Waals surface area contributed by atoms with Crippen molar-refractivity contribution in [3.63, 3.8) is 0 Å². The second kappa shape index (κ2) is 6.80. The lowest BCUT2D eigenvalue weighted by atomic mass is 10.0. The second-order valence-corrected chi connectivity index (χ2v) is 6.45. The van der Waals surface area contributed by atoms with E-state index in [1.165, 1.54) is 17.8 Å². The van der Waals surface area contributed by atoms with Crippen LogP contribution in [0, 0.1) is 11.8 Å². The van der Waals surface area contributed by atoms with Gasteiger partial charge in [0.15, 0.2) is 12.2 Å². The first-order chi connectivity index (χ1) is 9.15. The van der Waals surface area contributed by atoms with Crippen LogP contribution >= 0.6 is 11.3 Å². The normalized spacial score (nSPS) is 12.8. The molecular formula is C16H23N2S+. The van der Waals surface area contributed by atoms with E-state index in [1.54, 1.807) is 11.3 Å². The molecule has 0 bridgehead atoms. The Labute approximate surface area is 120 Å². The van der Waals surface area contributed by atoms with Crippen LogP contribution in [0.2, 0.25) is 0 Å². The first-order valence-electron chi connectivity index (χ1n) is 6.99. The SMILES string of the molecule is CC(C)Cc1csc[n+]1CC(C)Cc1ccccn1. The maximum atomic E-state index is 4.41. The van der Waals surface area contributed by atoms with E-state index in [9.17, 15) is 0 Å². The summed E-state index contributed by atoms with van der Waals surface area (Å²) in [6.07, 6.45) is 4.09. The molecule has 1 atom stereocenters. The molecule has 0 N–H and O–H groups in total. The highest BCUT2D eigenvalue weighted by molar-refractivity contribution is 7.07. The Morgan fingerprint density at radius 1 is 1.21 bits per heavy atom. The van der Waals surface area contributed by atoms with Crippen molar-refractivity contribution in [2.24, 2.45) is 11.8 Å². The summed E-state index contributed by atoms with van der Waals surface area (Å²) < 4.78 is 2.41. The minimum atomic E-state index is 0.611. The van der Waals surface area contributed by atoms with Gasteiger partial charge in [0.05, 0.1) is 5.38 Å². The van der Waals surface area contributed by atoms with Gasteiger partial charge in [0, 0.05) is 24.2 Å². The molecule has 2 heterocycles. The van der Waals surface area contributed by atoms with Crippen LogP contribution in [0.15, 0.2) is 35.3 Å². The highest BCUT2D eigenvalue weighted by atomic mass is 32.1. The molecule has 2 rings (SSSR count). The smallest absolute Gasteiger partial charge is 0.224 e. The molecule has 0 saturated carbocycles. The van der Waals surface area contributed by atoms with Gasteiger partial charge in [0.2, 0.25) is 5.51 Å². The topological polar surface area (TPSA) is 16.8 Å². The summed E-state index contributed by atoms with van der Waals surface area (Å²) >= 11 is 1.80. The predicted octanol–water partition coefficient (Wildman–Crippen LogP) is 3.51.